The van der Waals surface area contributed by atoms with Gasteiger partial charge >= 0.3 is 11.6 Å². The Kier molecular flexibility index (Phi) is 5.78. The molecule has 0 aliphatic carbocycles. The van der Waals surface area contributed by atoms with Crippen LogP contribution in [-0.2, 0) is 9.53 Å². The van der Waals surface area contributed by atoms with Crippen LogP contribution in [-0.4, -0.2) is 22.1 Å². The summed E-state index contributed by atoms with van der Waals surface area (Å²) in [5.74, 6) is -1.15. The molecule has 2 N–H and O–H groups in total. The molecule has 34 heavy (non-hydrogen) atoms. The number of aromatic nitrogens is 2. The first-order valence-electron chi connectivity index (χ1n) is 10.3. The third-order valence-electron chi connectivity index (χ3n) is 5.32. The molecule has 0 radical (unpaired) electrons. The Bertz CT molecular complexity index is 1620. The fourth-order valence-electron chi connectivity index (χ4n) is 4.01. The maximum atomic E-state index is 13.2. The normalized spacial score (nSPS) is 15.2. The summed E-state index contributed by atoms with van der Waals surface area (Å²) >= 11 is 6.90. The molecule has 5 rings (SSSR count). The van der Waals surface area contributed by atoms with E-state index in [1.54, 1.807) is 13.0 Å². The van der Waals surface area contributed by atoms with Crippen molar-refractivity contribution in [3.05, 3.63) is 95.6 Å². The van der Waals surface area contributed by atoms with Gasteiger partial charge in [-0.25, -0.2) is 14.2 Å². The van der Waals surface area contributed by atoms with E-state index >= 15 is 0 Å². The molecule has 0 saturated carbocycles. The van der Waals surface area contributed by atoms with Crippen LogP contribution >= 0.6 is 31.9 Å². The van der Waals surface area contributed by atoms with Gasteiger partial charge in [0.25, 0.3) is 6.01 Å². The Morgan fingerprint density at radius 3 is 2.62 bits per heavy atom. The standard InChI is InChI=1S/C24H17Br2N3O5/c1-2-32-23(31)18-17(13-6-4-8-15(26)11-13)19-21(34-24(27)28-19)29-16(22(30)33-20(18)29)10-12-5-3-7-14(25)9-12/h3-11,17H,2H2,1H3,(H2,27,28)/b16-10+/t17-/m0/s1. The number of nitrogen functional groups attached to an aromatic ring is 1. The third kappa shape index (κ3) is 3.82. The van der Waals surface area contributed by atoms with E-state index in [4.69, 9.17) is 19.3 Å². The molecule has 0 unspecified atom stereocenters. The Balaban J connectivity index is 1.91. The van der Waals surface area contributed by atoms with Crippen LogP contribution in [0.4, 0.5) is 6.01 Å². The van der Waals surface area contributed by atoms with E-state index in [-0.39, 0.29) is 35.0 Å². The molecule has 1 aliphatic rings. The van der Waals surface area contributed by atoms with Gasteiger partial charge in [0.15, 0.2) is 0 Å². The third-order valence-corrected chi connectivity index (χ3v) is 6.31. The van der Waals surface area contributed by atoms with Crippen molar-refractivity contribution in [1.82, 2.24) is 9.55 Å². The van der Waals surface area contributed by atoms with Gasteiger partial charge in [0.1, 0.15) is 16.6 Å². The number of nitrogens with zero attached hydrogens (tertiary/aromatic N) is 2. The van der Waals surface area contributed by atoms with Crippen LogP contribution in [0.1, 0.15) is 29.7 Å². The topological polar surface area (TPSA) is 113 Å². The zero-order chi connectivity index (χ0) is 24.0. The van der Waals surface area contributed by atoms with Crippen LogP contribution in [0.15, 0.2) is 71.1 Å². The number of hydrogen-bond donors (Lipinski definition) is 1. The molecule has 0 amide bonds. The molecule has 0 fully saturated rings. The summed E-state index contributed by atoms with van der Waals surface area (Å²) in [5.41, 5.74) is 7.28. The highest BCUT2D eigenvalue weighted by atomic mass is 79.9. The number of esters is 1. The highest BCUT2D eigenvalue weighted by molar-refractivity contribution is 9.10. The minimum absolute atomic E-state index is 0.0123. The molecular weight excluding hydrogens is 570 g/mol. The maximum Gasteiger partial charge on any atom is 0.362 e. The number of hydrogen-bond acceptors (Lipinski definition) is 7. The number of oxazole rings is 2. The number of fused-ring (bicyclic) bond motifs is 3. The predicted molar refractivity (Wildman–Crippen MR) is 132 cm³/mol. The van der Waals surface area contributed by atoms with E-state index in [1.807, 2.05) is 48.5 Å². The van der Waals surface area contributed by atoms with Gasteiger partial charge in [0.2, 0.25) is 11.4 Å². The first kappa shape index (κ1) is 22.4. The van der Waals surface area contributed by atoms with E-state index in [0.29, 0.717) is 5.69 Å². The number of ether oxygens (including phenoxy) is 1. The highest BCUT2D eigenvalue weighted by Crippen LogP contribution is 2.39. The van der Waals surface area contributed by atoms with Gasteiger partial charge in [-0.2, -0.15) is 4.98 Å². The van der Waals surface area contributed by atoms with Crippen molar-refractivity contribution in [3.8, 4) is 5.88 Å². The van der Waals surface area contributed by atoms with Gasteiger partial charge in [-0.1, -0.05) is 56.1 Å². The number of anilines is 1. The van der Waals surface area contributed by atoms with Crippen LogP contribution in [0.3, 0.4) is 0 Å². The van der Waals surface area contributed by atoms with Crippen molar-refractivity contribution < 1.29 is 18.4 Å². The predicted octanol–water partition coefficient (Wildman–Crippen LogP) is 3.21. The molecule has 4 aromatic rings. The molecule has 2 aromatic carbocycles. The van der Waals surface area contributed by atoms with Crippen molar-refractivity contribution in [1.29, 1.82) is 0 Å². The van der Waals surface area contributed by atoms with Crippen LogP contribution in [0, 0.1) is 0 Å². The van der Waals surface area contributed by atoms with Crippen LogP contribution in [0.2, 0.25) is 0 Å². The molecule has 2 aromatic heterocycles. The zero-order valence-corrected chi connectivity index (χ0v) is 20.9. The molecular formula is C24H17Br2N3O5. The first-order valence-corrected chi connectivity index (χ1v) is 11.9. The molecule has 0 saturated heterocycles. The second-order valence-electron chi connectivity index (χ2n) is 7.48. The number of halogens is 2. The lowest BCUT2D eigenvalue weighted by molar-refractivity contribution is -0.136. The lowest BCUT2D eigenvalue weighted by Gasteiger charge is -2.22. The molecule has 0 bridgehead atoms. The van der Waals surface area contributed by atoms with Crippen molar-refractivity contribution in [3.63, 3.8) is 0 Å². The quantitative estimate of drug-likeness (QED) is 0.365. The Morgan fingerprint density at radius 1 is 1.18 bits per heavy atom. The number of carbonyl (C=O) groups excluding carboxylic acids is 1. The molecule has 1 atom stereocenters. The number of benzene rings is 2. The van der Waals surface area contributed by atoms with Gasteiger partial charge in [-0.15, -0.1) is 0 Å². The molecule has 3 heterocycles. The summed E-state index contributed by atoms with van der Waals surface area (Å²) in [5, 5.41) is 0.153. The van der Waals surface area contributed by atoms with Crippen LogP contribution in [0.25, 0.3) is 17.5 Å². The summed E-state index contributed by atoms with van der Waals surface area (Å²) in [6, 6.07) is 14.7. The van der Waals surface area contributed by atoms with Crippen LogP contribution in [0.5, 0.6) is 0 Å². The van der Waals surface area contributed by atoms with E-state index in [0.717, 1.165) is 20.1 Å². The Morgan fingerprint density at radius 2 is 1.91 bits per heavy atom. The van der Waals surface area contributed by atoms with E-state index in [9.17, 15) is 9.59 Å². The van der Waals surface area contributed by atoms with Crippen molar-refractivity contribution in [2.75, 3.05) is 12.3 Å². The van der Waals surface area contributed by atoms with Gasteiger partial charge in [-0.3, -0.25) is 0 Å². The summed E-state index contributed by atoms with van der Waals surface area (Å²) in [6.45, 7) is 1.85. The average Bonchev–Trinajstić information content (AvgIpc) is 3.32. The Hall–Kier alpha value is -3.37. The van der Waals surface area contributed by atoms with Crippen LogP contribution < -0.4 is 22.3 Å². The SMILES string of the molecule is CCOC(=O)C1=c2oc(=O)/c(=C\c3cccc(Br)c3)n2-c2oc(N)nc2[C@H]1c1cccc(Br)c1. The summed E-state index contributed by atoms with van der Waals surface area (Å²) in [4.78, 5) is 30.6. The Labute approximate surface area is 209 Å². The maximum absolute atomic E-state index is 13.2. The van der Waals surface area contributed by atoms with Crippen molar-refractivity contribution in [2.45, 2.75) is 12.8 Å². The van der Waals surface area contributed by atoms with Crippen molar-refractivity contribution in [2.24, 2.45) is 0 Å². The zero-order valence-electron chi connectivity index (χ0n) is 17.7. The molecule has 10 heteroatoms. The lowest BCUT2D eigenvalue weighted by atomic mass is 9.87. The number of rotatable bonds is 4. The number of nitrogens with two attached hydrogens (primary N) is 1. The summed E-state index contributed by atoms with van der Waals surface area (Å²) in [6.07, 6.45) is 1.64. The summed E-state index contributed by atoms with van der Waals surface area (Å²) in [7, 11) is 0. The minimum Gasteiger partial charge on any atom is -0.462 e. The second-order valence-corrected chi connectivity index (χ2v) is 9.31. The fourth-order valence-corrected chi connectivity index (χ4v) is 4.85. The van der Waals surface area contributed by atoms with E-state index in [1.165, 1.54) is 4.57 Å². The average molecular weight is 587 g/mol. The lowest BCUT2D eigenvalue weighted by Crippen LogP contribution is -2.37. The first-order chi connectivity index (χ1) is 16.4. The van der Waals surface area contributed by atoms with Gasteiger partial charge < -0.3 is 19.3 Å². The molecule has 172 valence electrons. The van der Waals surface area contributed by atoms with Gasteiger partial charge in [-0.05, 0) is 48.4 Å². The van der Waals surface area contributed by atoms with Gasteiger partial charge in [0.05, 0.1) is 12.5 Å². The monoisotopic (exact) mass is 585 g/mol. The van der Waals surface area contributed by atoms with Gasteiger partial charge in [0, 0.05) is 8.95 Å². The molecule has 0 spiro atoms. The van der Waals surface area contributed by atoms with E-state index in [2.05, 4.69) is 36.8 Å². The molecule has 8 nitrogen and oxygen atoms in total. The minimum atomic E-state index is -0.725. The smallest absolute Gasteiger partial charge is 0.362 e. The highest BCUT2D eigenvalue weighted by Gasteiger charge is 2.39. The second kappa shape index (κ2) is 8.77. The van der Waals surface area contributed by atoms with E-state index < -0.39 is 17.5 Å². The molecule has 1 aliphatic heterocycles. The fraction of sp³-hybridized carbons (Fsp3) is 0.125. The number of carbonyl (C=O) groups is 1. The van der Waals surface area contributed by atoms with Crippen molar-refractivity contribution >= 4 is 55.5 Å². The largest absolute Gasteiger partial charge is 0.462 e. The summed E-state index contributed by atoms with van der Waals surface area (Å²) < 4.78 is 19.8.